The number of rotatable bonds is 3. The minimum Gasteiger partial charge on any atom is -0.370 e. The number of hydrogen-bond donors (Lipinski definition) is 1. The summed E-state index contributed by atoms with van der Waals surface area (Å²) in [4.78, 5) is 6.65. The molecule has 0 aromatic carbocycles. The van der Waals surface area contributed by atoms with Gasteiger partial charge in [-0.25, -0.2) is 4.99 Å². The Morgan fingerprint density at radius 3 is 2.67 bits per heavy atom. The Kier molecular flexibility index (Phi) is 4.61. The molecule has 0 atom stereocenters. The Balaban J connectivity index is 1.90. The molecule has 1 saturated heterocycles. The zero-order valence-corrected chi connectivity index (χ0v) is 11.2. The first kappa shape index (κ1) is 12.9. The number of aryl methyl sites for hydroxylation is 1. The molecule has 1 fully saturated rings. The summed E-state index contributed by atoms with van der Waals surface area (Å²) in [6.07, 6.45) is 7.05. The van der Waals surface area contributed by atoms with E-state index in [2.05, 4.69) is 21.9 Å². The number of likely N-dealkylation sites (tertiary alicyclic amines) is 1. The Bertz CT molecular complexity index is 388. The lowest BCUT2D eigenvalue weighted by atomic mass is 10.2. The number of hydrogen-bond acceptors (Lipinski definition) is 2. The summed E-state index contributed by atoms with van der Waals surface area (Å²) in [7, 11) is 0. The van der Waals surface area contributed by atoms with Crippen molar-refractivity contribution >= 4 is 5.96 Å². The zero-order chi connectivity index (χ0) is 12.8. The molecule has 1 aromatic heterocycles. The molecule has 2 rings (SSSR count). The Morgan fingerprint density at radius 2 is 2.06 bits per heavy atom. The first-order chi connectivity index (χ1) is 8.79. The number of nitrogens with zero attached hydrogens (tertiary/aromatic N) is 4. The fraction of sp³-hybridized carbons (Fsp3) is 0.692. The van der Waals surface area contributed by atoms with Crippen LogP contribution in [0.15, 0.2) is 17.3 Å². The summed E-state index contributed by atoms with van der Waals surface area (Å²) >= 11 is 0. The predicted molar refractivity (Wildman–Crippen MR) is 73.3 cm³/mol. The van der Waals surface area contributed by atoms with E-state index in [1.54, 1.807) is 0 Å². The number of aliphatic imine (C=N–C) groups is 1. The predicted octanol–water partition coefficient (Wildman–Crippen LogP) is 1.59. The molecule has 18 heavy (non-hydrogen) atoms. The zero-order valence-electron chi connectivity index (χ0n) is 11.2. The standard InChI is InChI=1S/C13H23N5/c1-2-18-10-7-12(16-18)11-15-13(14)17-8-5-3-4-6-9-17/h7,10H,2-6,8-9,11H2,1H3,(H2,14,15). The lowest BCUT2D eigenvalue weighted by molar-refractivity contribution is 0.428. The van der Waals surface area contributed by atoms with Crippen molar-refractivity contribution < 1.29 is 0 Å². The minimum absolute atomic E-state index is 0.579. The van der Waals surface area contributed by atoms with Crippen LogP contribution in [-0.2, 0) is 13.1 Å². The second kappa shape index (κ2) is 6.42. The van der Waals surface area contributed by atoms with Gasteiger partial charge >= 0.3 is 0 Å². The maximum absolute atomic E-state index is 6.05. The maximum Gasteiger partial charge on any atom is 0.191 e. The highest BCUT2D eigenvalue weighted by molar-refractivity contribution is 5.78. The molecule has 5 heteroatoms. The van der Waals surface area contributed by atoms with E-state index in [0.29, 0.717) is 12.5 Å². The van der Waals surface area contributed by atoms with Crippen LogP contribution < -0.4 is 5.73 Å². The SMILES string of the molecule is CCn1ccc(CN=C(N)N2CCCCCC2)n1. The van der Waals surface area contributed by atoms with Gasteiger partial charge in [-0.3, -0.25) is 4.68 Å². The van der Waals surface area contributed by atoms with Crippen molar-refractivity contribution in [2.75, 3.05) is 13.1 Å². The van der Waals surface area contributed by atoms with Gasteiger partial charge in [0.1, 0.15) is 0 Å². The van der Waals surface area contributed by atoms with Crippen LogP contribution in [0.5, 0.6) is 0 Å². The third-order valence-corrected chi connectivity index (χ3v) is 3.35. The van der Waals surface area contributed by atoms with Gasteiger partial charge in [0, 0.05) is 25.8 Å². The van der Waals surface area contributed by atoms with Crippen LogP contribution in [0, 0.1) is 0 Å². The van der Waals surface area contributed by atoms with Crippen LogP contribution in [0.25, 0.3) is 0 Å². The molecule has 0 amide bonds. The van der Waals surface area contributed by atoms with Crippen molar-refractivity contribution in [3.05, 3.63) is 18.0 Å². The molecular weight excluding hydrogens is 226 g/mol. The van der Waals surface area contributed by atoms with Crippen LogP contribution in [0.2, 0.25) is 0 Å². The molecule has 1 aliphatic rings. The molecule has 0 unspecified atom stereocenters. The Labute approximate surface area is 109 Å². The molecule has 2 heterocycles. The van der Waals surface area contributed by atoms with Crippen LogP contribution in [0.1, 0.15) is 38.3 Å². The molecule has 0 radical (unpaired) electrons. The van der Waals surface area contributed by atoms with Crippen molar-refractivity contribution in [2.45, 2.75) is 45.7 Å². The van der Waals surface area contributed by atoms with Gasteiger partial charge in [0.15, 0.2) is 5.96 Å². The molecule has 0 saturated carbocycles. The number of aromatic nitrogens is 2. The summed E-state index contributed by atoms with van der Waals surface area (Å²) < 4.78 is 1.91. The highest BCUT2D eigenvalue weighted by atomic mass is 15.3. The van der Waals surface area contributed by atoms with E-state index < -0.39 is 0 Å². The molecule has 0 aliphatic carbocycles. The van der Waals surface area contributed by atoms with Gasteiger partial charge in [0.25, 0.3) is 0 Å². The summed E-state index contributed by atoms with van der Waals surface area (Å²) in [6, 6.07) is 2.00. The van der Waals surface area contributed by atoms with Gasteiger partial charge in [-0.1, -0.05) is 12.8 Å². The average molecular weight is 249 g/mol. The normalized spacial score (nSPS) is 17.8. The highest BCUT2D eigenvalue weighted by Gasteiger charge is 2.10. The van der Waals surface area contributed by atoms with Crippen LogP contribution in [0.3, 0.4) is 0 Å². The Hall–Kier alpha value is -1.52. The van der Waals surface area contributed by atoms with E-state index in [1.807, 2.05) is 16.9 Å². The molecular formula is C13H23N5. The molecule has 0 bridgehead atoms. The second-order valence-electron chi connectivity index (χ2n) is 4.74. The maximum atomic E-state index is 6.05. The summed E-state index contributed by atoms with van der Waals surface area (Å²) in [5.41, 5.74) is 7.03. The van der Waals surface area contributed by atoms with Crippen LogP contribution in [0.4, 0.5) is 0 Å². The van der Waals surface area contributed by atoms with Crippen molar-refractivity contribution in [3.8, 4) is 0 Å². The summed E-state index contributed by atoms with van der Waals surface area (Å²) in [5, 5.41) is 4.40. The Morgan fingerprint density at radius 1 is 1.33 bits per heavy atom. The smallest absolute Gasteiger partial charge is 0.191 e. The van der Waals surface area contributed by atoms with Crippen molar-refractivity contribution in [1.29, 1.82) is 0 Å². The molecule has 1 aliphatic heterocycles. The number of guanidine groups is 1. The topological polar surface area (TPSA) is 59.4 Å². The van der Waals surface area contributed by atoms with Gasteiger partial charge in [0.2, 0.25) is 0 Å². The fourth-order valence-electron chi connectivity index (χ4n) is 2.23. The first-order valence-electron chi connectivity index (χ1n) is 6.87. The molecule has 5 nitrogen and oxygen atoms in total. The van der Waals surface area contributed by atoms with Crippen LogP contribution >= 0.6 is 0 Å². The van der Waals surface area contributed by atoms with Gasteiger partial charge in [0.05, 0.1) is 12.2 Å². The monoisotopic (exact) mass is 249 g/mol. The average Bonchev–Trinajstić information content (AvgIpc) is 2.68. The molecule has 100 valence electrons. The van der Waals surface area contributed by atoms with Crippen LogP contribution in [-0.4, -0.2) is 33.7 Å². The fourth-order valence-corrected chi connectivity index (χ4v) is 2.23. The third-order valence-electron chi connectivity index (χ3n) is 3.35. The lowest BCUT2D eigenvalue weighted by Crippen LogP contribution is -2.38. The van der Waals surface area contributed by atoms with E-state index in [9.17, 15) is 0 Å². The van der Waals surface area contributed by atoms with Gasteiger partial charge in [-0.15, -0.1) is 0 Å². The van der Waals surface area contributed by atoms with E-state index in [0.717, 1.165) is 25.3 Å². The summed E-state index contributed by atoms with van der Waals surface area (Å²) in [6.45, 7) is 5.63. The van der Waals surface area contributed by atoms with Crippen molar-refractivity contribution in [3.63, 3.8) is 0 Å². The van der Waals surface area contributed by atoms with Gasteiger partial charge in [-0.05, 0) is 25.8 Å². The number of nitrogens with two attached hydrogens (primary N) is 1. The second-order valence-corrected chi connectivity index (χ2v) is 4.74. The van der Waals surface area contributed by atoms with Gasteiger partial charge in [-0.2, -0.15) is 5.10 Å². The third kappa shape index (κ3) is 3.48. The summed E-state index contributed by atoms with van der Waals surface area (Å²) in [5.74, 6) is 0.669. The minimum atomic E-state index is 0.579. The lowest BCUT2D eigenvalue weighted by Gasteiger charge is -2.20. The molecule has 2 N–H and O–H groups in total. The first-order valence-corrected chi connectivity index (χ1v) is 6.87. The van der Waals surface area contributed by atoms with Crippen molar-refractivity contribution in [2.24, 2.45) is 10.7 Å². The molecule has 0 spiro atoms. The quantitative estimate of drug-likeness (QED) is 0.654. The van der Waals surface area contributed by atoms with E-state index in [-0.39, 0.29) is 0 Å². The van der Waals surface area contributed by atoms with E-state index in [4.69, 9.17) is 5.73 Å². The largest absolute Gasteiger partial charge is 0.370 e. The van der Waals surface area contributed by atoms with Gasteiger partial charge < -0.3 is 10.6 Å². The van der Waals surface area contributed by atoms with Crippen molar-refractivity contribution in [1.82, 2.24) is 14.7 Å². The highest BCUT2D eigenvalue weighted by Crippen LogP contribution is 2.09. The van der Waals surface area contributed by atoms with E-state index in [1.165, 1.54) is 25.7 Å². The molecule has 1 aromatic rings. The van der Waals surface area contributed by atoms with E-state index >= 15 is 0 Å².